The monoisotopic (exact) mass is 235 g/mol. The van der Waals surface area contributed by atoms with Crippen molar-refractivity contribution >= 4 is 5.69 Å². The minimum absolute atomic E-state index is 0.571. The Bertz CT molecular complexity index is 292. The van der Waals surface area contributed by atoms with E-state index in [4.69, 9.17) is 4.74 Å². The van der Waals surface area contributed by atoms with Crippen molar-refractivity contribution in [3.05, 3.63) is 24.3 Å². The molecule has 0 unspecified atom stereocenters. The lowest BCUT2D eigenvalue weighted by molar-refractivity contribution is 0.271. The number of benzene rings is 1. The lowest BCUT2D eigenvalue weighted by Gasteiger charge is -2.10. The summed E-state index contributed by atoms with van der Waals surface area (Å²) in [6.07, 6.45) is 3.80. The van der Waals surface area contributed by atoms with Crippen LogP contribution in [0.1, 0.15) is 40.0 Å². The number of hydrogen-bond acceptors (Lipinski definition) is 2. The summed E-state index contributed by atoms with van der Waals surface area (Å²) in [5, 5.41) is 3.42. The Balaban J connectivity index is 2.29. The van der Waals surface area contributed by atoms with Gasteiger partial charge in [0.05, 0.1) is 6.61 Å². The molecule has 0 heterocycles. The van der Waals surface area contributed by atoms with Gasteiger partial charge in [0.1, 0.15) is 5.75 Å². The Morgan fingerprint density at radius 3 is 2.41 bits per heavy atom. The predicted octanol–water partition coefficient (Wildman–Crippen LogP) is 4.32. The molecular weight excluding hydrogens is 210 g/mol. The van der Waals surface area contributed by atoms with Crippen LogP contribution in [0.3, 0.4) is 0 Å². The normalized spacial score (nSPS) is 10.6. The van der Waals surface area contributed by atoms with Crippen LogP contribution in [0.4, 0.5) is 5.69 Å². The first-order valence-corrected chi connectivity index (χ1v) is 6.69. The van der Waals surface area contributed by atoms with E-state index >= 15 is 0 Å². The number of unbranched alkanes of at least 4 members (excludes halogenated alkanes) is 2. The molecule has 0 aromatic heterocycles. The van der Waals surface area contributed by atoms with Gasteiger partial charge in [0, 0.05) is 12.2 Å². The fourth-order valence-electron chi connectivity index (χ4n) is 1.54. The van der Waals surface area contributed by atoms with Crippen molar-refractivity contribution in [2.24, 2.45) is 5.92 Å². The van der Waals surface area contributed by atoms with E-state index < -0.39 is 0 Å². The van der Waals surface area contributed by atoms with Crippen molar-refractivity contribution in [3.8, 4) is 5.75 Å². The zero-order chi connectivity index (χ0) is 12.5. The summed E-state index contributed by atoms with van der Waals surface area (Å²) >= 11 is 0. The number of hydrogen-bond donors (Lipinski definition) is 1. The molecule has 0 bridgehead atoms. The molecule has 96 valence electrons. The summed E-state index contributed by atoms with van der Waals surface area (Å²) in [5.74, 6) is 1.53. The van der Waals surface area contributed by atoms with Gasteiger partial charge in [0.25, 0.3) is 0 Å². The van der Waals surface area contributed by atoms with Crippen LogP contribution in [0, 0.1) is 5.92 Å². The molecule has 0 amide bonds. The highest BCUT2D eigenvalue weighted by Crippen LogP contribution is 2.16. The van der Waals surface area contributed by atoms with Crippen LogP contribution in [-0.4, -0.2) is 13.2 Å². The number of rotatable bonds is 8. The summed E-state index contributed by atoms with van der Waals surface area (Å²) < 4.78 is 5.64. The van der Waals surface area contributed by atoms with E-state index in [9.17, 15) is 0 Å². The van der Waals surface area contributed by atoms with E-state index in [0.29, 0.717) is 5.92 Å². The fraction of sp³-hybridized carbons (Fsp3) is 0.600. The van der Waals surface area contributed by atoms with Crippen LogP contribution in [0.2, 0.25) is 0 Å². The second-order valence-electron chi connectivity index (χ2n) is 4.86. The predicted molar refractivity (Wildman–Crippen MR) is 74.8 cm³/mol. The first-order chi connectivity index (χ1) is 8.22. The topological polar surface area (TPSA) is 21.3 Å². The Hall–Kier alpha value is -1.18. The zero-order valence-corrected chi connectivity index (χ0v) is 11.3. The van der Waals surface area contributed by atoms with Crippen LogP contribution in [-0.2, 0) is 0 Å². The molecule has 17 heavy (non-hydrogen) atoms. The van der Waals surface area contributed by atoms with Gasteiger partial charge >= 0.3 is 0 Å². The van der Waals surface area contributed by atoms with Gasteiger partial charge in [-0.3, -0.25) is 0 Å². The summed E-state index contributed by atoms with van der Waals surface area (Å²) in [4.78, 5) is 0. The van der Waals surface area contributed by atoms with Crippen molar-refractivity contribution in [3.63, 3.8) is 0 Å². The Kier molecular flexibility index (Phi) is 6.53. The molecule has 1 aromatic rings. The van der Waals surface area contributed by atoms with Crippen LogP contribution < -0.4 is 10.1 Å². The second kappa shape index (κ2) is 7.99. The SMILES string of the molecule is CCCCCNc1ccc(OCC(C)C)cc1. The van der Waals surface area contributed by atoms with E-state index in [1.807, 2.05) is 12.1 Å². The van der Waals surface area contributed by atoms with Crippen molar-refractivity contribution in [1.82, 2.24) is 0 Å². The maximum absolute atomic E-state index is 5.64. The summed E-state index contributed by atoms with van der Waals surface area (Å²) in [5.41, 5.74) is 1.18. The van der Waals surface area contributed by atoms with E-state index in [1.54, 1.807) is 0 Å². The molecule has 0 spiro atoms. The number of anilines is 1. The third-order valence-electron chi connectivity index (χ3n) is 2.55. The molecule has 2 heteroatoms. The summed E-state index contributed by atoms with van der Waals surface area (Å²) in [6, 6.07) is 8.23. The lowest BCUT2D eigenvalue weighted by atomic mass is 10.2. The molecule has 1 rings (SSSR count). The fourth-order valence-corrected chi connectivity index (χ4v) is 1.54. The Morgan fingerprint density at radius 2 is 1.82 bits per heavy atom. The first kappa shape index (κ1) is 13.9. The van der Waals surface area contributed by atoms with Crippen molar-refractivity contribution in [1.29, 1.82) is 0 Å². The molecule has 0 aliphatic carbocycles. The minimum atomic E-state index is 0.571. The van der Waals surface area contributed by atoms with Crippen LogP contribution in [0.25, 0.3) is 0 Å². The van der Waals surface area contributed by atoms with Crippen molar-refractivity contribution in [2.75, 3.05) is 18.5 Å². The highest BCUT2D eigenvalue weighted by molar-refractivity contribution is 5.46. The third-order valence-corrected chi connectivity index (χ3v) is 2.55. The van der Waals surface area contributed by atoms with Gasteiger partial charge in [0.2, 0.25) is 0 Å². The zero-order valence-electron chi connectivity index (χ0n) is 11.3. The van der Waals surface area contributed by atoms with Gasteiger partial charge in [0.15, 0.2) is 0 Å². The van der Waals surface area contributed by atoms with Gasteiger partial charge < -0.3 is 10.1 Å². The third kappa shape index (κ3) is 6.20. The molecule has 0 aliphatic rings. The molecule has 0 saturated heterocycles. The molecule has 1 aromatic carbocycles. The van der Waals surface area contributed by atoms with Crippen LogP contribution >= 0.6 is 0 Å². The van der Waals surface area contributed by atoms with E-state index in [1.165, 1.54) is 24.9 Å². The van der Waals surface area contributed by atoms with E-state index in [2.05, 4.69) is 38.2 Å². The summed E-state index contributed by atoms with van der Waals surface area (Å²) in [6.45, 7) is 8.37. The average molecular weight is 235 g/mol. The first-order valence-electron chi connectivity index (χ1n) is 6.69. The standard InChI is InChI=1S/C15H25NO/c1-4-5-6-11-16-14-7-9-15(10-8-14)17-12-13(2)3/h7-10,13,16H,4-6,11-12H2,1-3H3. The summed E-state index contributed by atoms with van der Waals surface area (Å²) in [7, 11) is 0. The van der Waals surface area contributed by atoms with Crippen LogP contribution in [0.5, 0.6) is 5.75 Å². The lowest BCUT2D eigenvalue weighted by Crippen LogP contribution is -2.05. The van der Waals surface area contributed by atoms with Crippen LogP contribution in [0.15, 0.2) is 24.3 Å². The van der Waals surface area contributed by atoms with Gasteiger partial charge in [-0.25, -0.2) is 0 Å². The molecule has 0 fully saturated rings. The van der Waals surface area contributed by atoms with Gasteiger partial charge in [-0.15, -0.1) is 0 Å². The molecule has 2 nitrogen and oxygen atoms in total. The highest BCUT2D eigenvalue weighted by Gasteiger charge is 1.97. The molecule has 0 aliphatic heterocycles. The second-order valence-corrected chi connectivity index (χ2v) is 4.86. The van der Waals surface area contributed by atoms with Gasteiger partial charge in [-0.05, 0) is 36.6 Å². The molecule has 0 atom stereocenters. The van der Waals surface area contributed by atoms with Crippen molar-refractivity contribution < 1.29 is 4.74 Å². The number of nitrogens with one attached hydrogen (secondary N) is 1. The molecular formula is C15H25NO. The van der Waals surface area contributed by atoms with Gasteiger partial charge in [-0.1, -0.05) is 33.6 Å². The largest absolute Gasteiger partial charge is 0.493 e. The molecule has 0 radical (unpaired) electrons. The average Bonchev–Trinajstić information content (AvgIpc) is 2.33. The maximum Gasteiger partial charge on any atom is 0.119 e. The maximum atomic E-state index is 5.64. The van der Waals surface area contributed by atoms with E-state index in [0.717, 1.165) is 18.9 Å². The molecule has 1 N–H and O–H groups in total. The van der Waals surface area contributed by atoms with Crippen molar-refractivity contribution in [2.45, 2.75) is 40.0 Å². The van der Waals surface area contributed by atoms with E-state index in [-0.39, 0.29) is 0 Å². The molecule has 0 saturated carbocycles. The Labute approximate surface area is 105 Å². The quantitative estimate of drug-likeness (QED) is 0.677. The number of ether oxygens (including phenoxy) is 1. The minimum Gasteiger partial charge on any atom is -0.493 e. The highest BCUT2D eigenvalue weighted by atomic mass is 16.5. The smallest absolute Gasteiger partial charge is 0.119 e. The Morgan fingerprint density at radius 1 is 1.12 bits per heavy atom. The van der Waals surface area contributed by atoms with Gasteiger partial charge in [-0.2, -0.15) is 0 Å².